The molecule has 1 fully saturated rings. The van der Waals surface area contributed by atoms with Gasteiger partial charge in [0.1, 0.15) is 0 Å². The molecule has 2 N–H and O–H groups in total. The van der Waals surface area contributed by atoms with Crippen molar-refractivity contribution in [1.82, 2.24) is 10.3 Å². The van der Waals surface area contributed by atoms with E-state index in [0.29, 0.717) is 6.04 Å². The lowest BCUT2D eigenvalue weighted by Gasteiger charge is -2.27. The van der Waals surface area contributed by atoms with Crippen LogP contribution in [-0.2, 0) is 4.79 Å². The van der Waals surface area contributed by atoms with Crippen LogP contribution in [0.1, 0.15) is 25.3 Å². The third kappa shape index (κ3) is 3.03. The molecule has 0 aliphatic carbocycles. The highest BCUT2D eigenvalue weighted by Gasteiger charge is 2.24. The molecule has 0 radical (unpaired) electrons. The summed E-state index contributed by atoms with van der Waals surface area (Å²) in [7, 11) is 0. The summed E-state index contributed by atoms with van der Waals surface area (Å²) >= 11 is 0. The number of amides is 1. The lowest BCUT2D eigenvalue weighted by atomic mass is 9.92. The summed E-state index contributed by atoms with van der Waals surface area (Å²) in [6, 6.07) is 2.33. The minimum atomic E-state index is 0.117. The molecule has 1 aliphatic heterocycles. The Labute approximate surface area is 102 Å². The zero-order valence-corrected chi connectivity index (χ0v) is 10.4. The zero-order chi connectivity index (χ0) is 12.3. The number of anilines is 1. The number of piperidine rings is 1. The first-order chi connectivity index (χ1) is 8.16. The summed E-state index contributed by atoms with van der Waals surface area (Å²) in [6.45, 7) is 5.02. The molecule has 1 amide bonds. The van der Waals surface area contributed by atoms with Crippen molar-refractivity contribution in [3.05, 3.63) is 24.0 Å². The van der Waals surface area contributed by atoms with Crippen molar-refractivity contribution in [2.75, 3.05) is 11.9 Å². The second kappa shape index (κ2) is 5.27. The van der Waals surface area contributed by atoms with E-state index in [0.717, 1.165) is 30.6 Å². The number of hydrogen-bond acceptors (Lipinski definition) is 3. The van der Waals surface area contributed by atoms with Crippen LogP contribution in [0.5, 0.6) is 0 Å². The highest BCUT2D eigenvalue weighted by atomic mass is 16.1. The fraction of sp³-hybridized carbons (Fsp3) is 0.538. The van der Waals surface area contributed by atoms with Gasteiger partial charge in [0.25, 0.3) is 0 Å². The third-order valence-corrected chi connectivity index (χ3v) is 3.29. The minimum absolute atomic E-state index is 0.117. The van der Waals surface area contributed by atoms with Crippen LogP contribution in [0.25, 0.3) is 0 Å². The van der Waals surface area contributed by atoms with Gasteiger partial charge < -0.3 is 10.6 Å². The van der Waals surface area contributed by atoms with Gasteiger partial charge in [0.05, 0.1) is 11.9 Å². The van der Waals surface area contributed by atoms with Crippen molar-refractivity contribution < 1.29 is 4.79 Å². The molecule has 0 saturated carbocycles. The molecule has 1 aromatic heterocycles. The Morgan fingerprint density at radius 3 is 3.12 bits per heavy atom. The largest absolute Gasteiger partial charge is 0.324 e. The molecule has 1 aromatic rings. The van der Waals surface area contributed by atoms with E-state index in [1.165, 1.54) is 0 Å². The Morgan fingerprint density at radius 1 is 1.59 bits per heavy atom. The first kappa shape index (κ1) is 12.0. The van der Waals surface area contributed by atoms with Gasteiger partial charge in [-0.25, -0.2) is 0 Å². The van der Waals surface area contributed by atoms with E-state index in [1.807, 2.05) is 13.0 Å². The van der Waals surface area contributed by atoms with E-state index >= 15 is 0 Å². The normalized spacial score (nSPS) is 24.4. The van der Waals surface area contributed by atoms with Gasteiger partial charge in [0.2, 0.25) is 5.91 Å². The molecule has 2 rings (SSSR count). The Morgan fingerprint density at radius 2 is 2.41 bits per heavy atom. The lowest BCUT2D eigenvalue weighted by Crippen LogP contribution is -2.40. The Balaban J connectivity index is 1.99. The molecule has 0 spiro atoms. The van der Waals surface area contributed by atoms with E-state index in [9.17, 15) is 4.79 Å². The van der Waals surface area contributed by atoms with Crippen LogP contribution in [-0.4, -0.2) is 23.5 Å². The summed E-state index contributed by atoms with van der Waals surface area (Å²) < 4.78 is 0. The highest BCUT2D eigenvalue weighted by molar-refractivity contribution is 5.93. The molecule has 2 atom stereocenters. The van der Waals surface area contributed by atoms with Crippen LogP contribution in [0.2, 0.25) is 0 Å². The van der Waals surface area contributed by atoms with Crippen LogP contribution in [0.4, 0.5) is 5.69 Å². The number of nitrogens with one attached hydrogen (secondary N) is 2. The Kier molecular flexibility index (Phi) is 3.74. The van der Waals surface area contributed by atoms with Gasteiger partial charge in [0.15, 0.2) is 0 Å². The van der Waals surface area contributed by atoms with Crippen molar-refractivity contribution in [2.45, 2.75) is 32.7 Å². The number of aryl methyl sites for hydroxylation is 1. The molecular weight excluding hydrogens is 214 g/mol. The predicted molar refractivity (Wildman–Crippen MR) is 67.8 cm³/mol. The van der Waals surface area contributed by atoms with Crippen molar-refractivity contribution in [3.63, 3.8) is 0 Å². The number of rotatable bonds is 2. The summed E-state index contributed by atoms with van der Waals surface area (Å²) in [5.74, 6) is 0.236. The number of nitrogens with zero attached hydrogens (tertiary/aromatic N) is 1. The summed E-state index contributed by atoms with van der Waals surface area (Å²) in [5.41, 5.74) is 1.87. The average Bonchev–Trinajstić information content (AvgIpc) is 2.32. The first-order valence-electron chi connectivity index (χ1n) is 6.11. The standard InChI is InChI=1S/C13H19N3O/c1-9-3-5-14-8-12(9)16-13(17)11-4-6-15-10(2)7-11/h3,5,8,10-11,15H,4,6-7H2,1-2H3,(H,16,17)/t10-,11-/m0/s1. The second-order valence-electron chi connectivity index (χ2n) is 4.76. The fourth-order valence-corrected chi connectivity index (χ4v) is 2.20. The van der Waals surface area contributed by atoms with Crippen molar-refractivity contribution in [3.8, 4) is 0 Å². The van der Waals surface area contributed by atoms with Gasteiger partial charge in [-0.1, -0.05) is 0 Å². The van der Waals surface area contributed by atoms with E-state index in [1.54, 1.807) is 12.4 Å². The summed E-state index contributed by atoms with van der Waals surface area (Å²) in [4.78, 5) is 16.1. The SMILES string of the molecule is Cc1ccncc1NC(=O)[C@H]1CCN[C@@H](C)C1. The van der Waals surface area contributed by atoms with Gasteiger partial charge in [-0.3, -0.25) is 9.78 Å². The minimum Gasteiger partial charge on any atom is -0.324 e. The molecule has 1 saturated heterocycles. The number of aromatic nitrogens is 1. The smallest absolute Gasteiger partial charge is 0.227 e. The molecule has 0 unspecified atom stereocenters. The maximum atomic E-state index is 12.1. The zero-order valence-electron chi connectivity index (χ0n) is 10.4. The maximum absolute atomic E-state index is 12.1. The van der Waals surface area contributed by atoms with Gasteiger partial charge in [0, 0.05) is 18.2 Å². The molecule has 92 valence electrons. The summed E-state index contributed by atoms with van der Waals surface area (Å²) in [6.07, 6.45) is 5.26. The van der Waals surface area contributed by atoms with Gasteiger partial charge in [-0.2, -0.15) is 0 Å². The van der Waals surface area contributed by atoms with Crippen LogP contribution in [0.15, 0.2) is 18.5 Å². The Bertz CT molecular complexity index is 405. The van der Waals surface area contributed by atoms with E-state index < -0.39 is 0 Å². The predicted octanol–water partition coefficient (Wildman–Crippen LogP) is 1.72. The van der Waals surface area contributed by atoms with E-state index in [2.05, 4.69) is 22.5 Å². The Hall–Kier alpha value is -1.42. The quantitative estimate of drug-likeness (QED) is 0.817. The van der Waals surface area contributed by atoms with E-state index in [-0.39, 0.29) is 11.8 Å². The molecule has 17 heavy (non-hydrogen) atoms. The fourth-order valence-electron chi connectivity index (χ4n) is 2.20. The van der Waals surface area contributed by atoms with Crippen molar-refractivity contribution >= 4 is 11.6 Å². The molecule has 2 heterocycles. The molecule has 0 aromatic carbocycles. The molecule has 0 bridgehead atoms. The maximum Gasteiger partial charge on any atom is 0.227 e. The van der Waals surface area contributed by atoms with Crippen LogP contribution in [0, 0.1) is 12.8 Å². The summed E-state index contributed by atoms with van der Waals surface area (Å²) in [5, 5.41) is 6.32. The lowest BCUT2D eigenvalue weighted by molar-refractivity contribution is -0.120. The first-order valence-corrected chi connectivity index (χ1v) is 6.11. The molecular formula is C13H19N3O. The number of carbonyl (C=O) groups is 1. The molecule has 1 aliphatic rings. The van der Waals surface area contributed by atoms with Crippen molar-refractivity contribution in [1.29, 1.82) is 0 Å². The second-order valence-corrected chi connectivity index (χ2v) is 4.76. The number of pyridine rings is 1. The topological polar surface area (TPSA) is 54.0 Å². The van der Waals surface area contributed by atoms with Crippen LogP contribution >= 0.6 is 0 Å². The third-order valence-electron chi connectivity index (χ3n) is 3.29. The number of hydrogen-bond donors (Lipinski definition) is 2. The van der Waals surface area contributed by atoms with Crippen LogP contribution in [0.3, 0.4) is 0 Å². The molecule has 4 heteroatoms. The van der Waals surface area contributed by atoms with Gasteiger partial charge in [-0.05, 0) is 44.9 Å². The van der Waals surface area contributed by atoms with Crippen molar-refractivity contribution in [2.24, 2.45) is 5.92 Å². The monoisotopic (exact) mass is 233 g/mol. The van der Waals surface area contributed by atoms with Gasteiger partial charge >= 0.3 is 0 Å². The molecule has 4 nitrogen and oxygen atoms in total. The van der Waals surface area contributed by atoms with Crippen LogP contribution < -0.4 is 10.6 Å². The van der Waals surface area contributed by atoms with Gasteiger partial charge in [-0.15, -0.1) is 0 Å². The highest BCUT2D eigenvalue weighted by Crippen LogP contribution is 2.19. The van der Waals surface area contributed by atoms with E-state index in [4.69, 9.17) is 0 Å². The average molecular weight is 233 g/mol. The number of carbonyl (C=O) groups excluding carboxylic acids is 1.